The van der Waals surface area contributed by atoms with Crippen LogP contribution < -0.4 is 5.32 Å². The third-order valence-electron chi connectivity index (χ3n) is 4.82. The summed E-state index contributed by atoms with van der Waals surface area (Å²) in [5.41, 5.74) is -2.12. The number of hydrogen-bond donors (Lipinski definition) is 2. The van der Waals surface area contributed by atoms with Gasteiger partial charge in [-0.1, -0.05) is 12.8 Å². The number of alkyl carbamates (subject to hydrolysis) is 1. The SMILES string of the molecule is CC(C)(C)OC(=O)NC1(C(=O)O)CCN(CC(=O)N2CCCCCC2)C1. The monoisotopic (exact) mass is 369 g/mol. The minimum atomic E-state index is -1.42. The molecule has 0 aromatic heterocycles. The van der Waals surface area contributed by atoms with Crippen molar-refractivity contribution in [2.45, 2.75) is 64.0 Å². The molecule has 2 amide bonds. The van der Waals surface area contributed by atoms with Gasteiger partial charge < -0.3 is 20.1 Å². The maximum Gasteiger partial charge on any atom is 0.408 e. The molecule has 2 aliphatic heterocycles. The highest BCUT2D eigenvalue weighted by Gasteiger charge is 2.47. The molecule has 2 N–H and O–H groups in total. The normalized spacial score (nSPS) is 24.8. The predicted octanol–water partition coefficient (Wildman–Crippen LogP) is 1.44. The van der Waals surface area contributed by atoms with E-state index in [0.29, 0.717) is 6.54 Å². The number of ether oxygens (including phenoxy) is 1. The van der Waals surface area contributed by atoms with E-state index in [2.05, 4.69) is 5.32 Å². The highest BCUT2D eigenvalue weighted by molar-refractivity contribution is 5.85. The van der Waals surface area contributed by atoms with Crippen LogP contribution in [0.3, 0.4) is 0 Å². The number of nitrogens with zero attached hydrogens (tertiary/aromatic N) is 2. The van der Waals surface area contributed by atoms with Gasteiger partial charge in [0, 0.05) is 26.2 Å². The van der Waals surface area contributed by atoms with Gasteiger partial charge in [0.2, 0.25) is 5.91 Å². The second kappa shape index (κ2) is 8.24. The van der Waals surface area contributed by atoms with Gasteiger partial charge in [0.25, 0.3) is 0 Å². The van der Waals surface area contributed by atoms with Gasteiger partial charge in [-0.25, -0.2) is 9.59 Å². The van der Waals surface area contributed by atoms with Gasteiger partial charge in [-0.3, -0.25) is 9.69 Å². The Bertz CT molecular complexity index is 537. The van der Waals surface area contributed by atoms with Crippen LogP contribution in [0.15, 0.2) is 0 Å². The quantitative estimate of drug-likeness (QED) is 0.778. The zero-order valence-corrected chi connectivity index (χ0v) is 16.0. The number of hydrogen-bond acceptors (Lipinski definition) is 5. The van der Waals surface area contributed by atoms with E-state index < -0.39 is 23.2 Å². The first-order valence-electron chi connectivity index (χ1n) is 9.36. The van der Waals surface area contributed by atoms with Crippen LogP contribution in [0.5, 0.6) is 0 Å². The fraction of sp³-hybridized carbons (Fsp3) is 0.833. The third kappa shape index (κ3) is 5.59. The van der Waals surface area contributed by atoms with Gasteiger partial charge in [0.05, 0.1) is 6.54 Å². The van der Waals surface area contributed by atoms with E-state index >= 15 is 0 Å². The molecule has 2 rings (SSSR count). The molecule has 1 atom stereocenters. The van der Waals surface area contributed by atoms with Gasteiger partial charge in [-0.05, 0) is 40.0 Å². The van der Waals surface area contributed by atoms with Crippen molar-refractivity contribution in [2.24, 2.45) is 0 Å². The Labute approximate surface area is 154 Å². The number of amides is 2. The van der Waals surface area contributed by atoms with E-state index in [1.54, 1.807) is 25.7 Å². The molecule has 2 saturated heterocycles. The van der Waals surface area contributed by atoms with Crippen molar-refractivity contribution in [3.05, 3.63) is 0 Å². The van der Waals surface area contributed by atoms with Crippen molar-refractivity contribution < 1.29 is 24.2 Å². The standard InChI is InChI=1S/C18H31N3O5/c1-17(2,3)26-16(25)19-18(15(23)24)8-11-20(13-18)12-14(22)21-9-6-4-5-7-10-21/h4-13H2,1-3H3,(H,19,25)(H,23,24). The van der Waals surface area contributed by atoms with E-state index in [1.807, 2.05) is 4.90 Å². The third-order valence-corrected chi connectivity index (χ3v) is 4.82. The molecule has 0 aromatic carbocycles. The van der Waals surface area contributed by atoms with Gasteiger partial charge in [0.1, 0.15) is 5.60 Å². The maximum atomic E-state index is 12.5. The zero-order chi connectivity index (χ0) is 19.4. The van der Waals surface area contributed by atoms with Crippen molar-refractivity contribution >= 4 is 18.0 Å². The predicted molar refractivity (Wildman–Crippen MR) is 95.8 cm³/mol. The summed E-state index contributed by atoms with van der Waals surface area (Å²) in [6, 6.07) is 0. The minimum Gasteiger partial charge on any atom is -0.479 e. The summed E-state index contributed by atoms with van der Waals surface area (Å²) < 4.78 is 5.19. The van der Waals surface area contributed by atoms with Crippen LogP contribution in [-0.4, -0.2) is 76.7 Å². The van der Waals surface area contributed by atoms with Gasteiger partial charge in [0.15, 0.2) is 5.54 Å². The fourth-order valence-corrected chi connectivity index (χ4v) is 3.46. The van der Waals surface area contributed by atoms with Gasteiger partial charge in [-0.15, -0.1) is 0 Å². The summed E-state index contributed by atoms with van der Waals surface area (Å²) in [6.07, 6.45) is 3.83. The number of carboxylic acids is 1. The number of aliphatic carboxylic acids is 1. The second-order valence-corrected chi connectivity index (χ2v) is 8.27. The van der Waals surface area contributed by atoms with Crippen LogP contribution in [0.4, 0.5) is 4.79 Å². The topological polar surface area (TPSA) is 99.2 Å². The highest BCUT2D eigenvalue weighted by Crippen LogP contribution is 2.23. The first-order chi connectivity index (χ1) is 12.1. The average molecular weight is 369 g/mol. The highest BCUT2D eigenvalue weighted by atomic mass is 16.6. The van der Waals surface area contributed by atoms with Gasteiger partial charge in [-0.2, -0.15) is 0 Å². The summed E-state index contributed by atoms with van der Waals surface area (Å²) >= 11 is 0. The molecule has 2 aliphatic rings. The van der Waals surface area contributed by atoms with Crippen LogP contribution in [0.25, 0.3) is 0 Å². The molecule has 0 bridgehead atoms. The lowest BCUT2D eigenvalue weighted by Crippen LogP contribution is -2.57. The number of rotatable bonds is 4. The van der Waals surface area contributed by atoms with Gasteiger partial charge >= 0.3 is 12.1 Å². The van der Waals surface area contributed by atoms with Crippen molar-refractivity contribution in [3.8, 4) is 0 Å². The van der Waals surface area contributed by atoms with Crippen molar-refractivity contribution in [2.75, 3.05) is 32.7 Å². The van der Waals surface area contributed by atoms with Crippen LogP contribution in [-0.2, 0) is 14.3 Å². The summed E-state index contributed by atoms with van der Waals surface area (Å²) in [7, 11) is 0. The summed E-state index contributed by atoms with van der Waals surface area (Å²) in [4.78, 5) is 40.1. The van der Waals surface area contributed by atoms with Crippen LogP contribution in [0.2, 0.25) is 0 Å². The Morgan fingerprint density at radius 1 is 1.08 bits per heavy atom. The molecule has 0 aliphatic carbocycles. The lowest BCUT2D eigenvalue weighted by atomic mass is 9.99. The summed E-state index contributed by atoms with van der Waals surface area (Å²) in [5.74, 6) is -1.07. The fourth-order valence-electron chi connectivity index (χ4n) is 3.46. The Morgan fingerprint density at radius 2 is 1.69 bits per heavy atom. The van der Waals surface area contributed by atoms with E-state index in [0.717, 1.165) is 38.8 Å². The van der Waals surface area contributed by atoms with Crippen LogP contribution in [0, 0.1) is 0 Å². The van der Waals surface area contributed by atoms with E-state index in [1.165, 1.54) is 0 Å². The Hall–Kier alpha value is -1.83. The molecule has 0 aromatic rings. The molecule has 8 nitrogen and oxygen atoms in total. The number of carboxylic acid groups (broad SMARTS) is 1. The number of carbonyl (C=O) groups is 3. The van der Waals surface area contributed by atoms with E-state index in [-0.39, 0.29) is 25.4 Å². The van der Waals surface area contributed by atoms with Crippen molar-refractivity contribution in [3.63, 3.8) is 0 Å². The van der Waals surface area contributed by atoms with E-state index in [4.69, 9.17) is 4.74 Å². The summed E-state index contributed by atoms with van der Waals surface area (Å²) in [6.45, 7) is 7.44. The Kier molecular flexibility index (Phi) is 6.49. The number of nitrogens with one attached hydrogen (secondary N) is 1. The molecule has 0 saturated carbocycles. The Balaban J connectivity index is 1.94. The second-order valence-electron chi connectivity index (χ2n) is 8.27. The van der Waals surface area contributed by atoms with Crippen LogP contribution >= 0.6 is 0 Å². The van der Waals surface area contributed by atoms with Crippen LogP contribution in [0.1, 0.15) is 52.9 Å². The molecule has 0 spiro atoms. The Morgan fingerprint density at radius 3 is 2.23 bits per heavy atom. The average Bonchev–Trinajstić information content (AvgIpc) is 2.74. The molecule has 0 radical (unpaired) electrons. The molecular formula is C18H31N3O5. The molecule has 2 fully saturated rings. The molecule has 2 heterocycles. The number of likely N-dealkylation sites (tertiary alicyclic amines) is 2. The van der Waals surface area contributed by atoms with Crippen molar-refractivity contribution in [1.29, 1.82) is 0 Å². The molecule has 1 unspecified atom stereocenters. The smallest absolute Gasteiger partial charge is 0.408 e. The molecule has 148 valence electrons. The molecule has 8 heteroatoms. The van der Waals surface area contributed by atoms with E-state index in [9.17, 15) is 19.5 Å². The lowest BCUT2D eigenvalue weighted by molar-refractivity contribution is -0.144. The number of carbonyl (C=O) groups excluding carboxylic acids is 2. The van der Waals surface area contributed by atoms with Crippen molar-refractivity contribution in [1.82, 2.24) is 15.1 Å². The zero-order valence-electron chi connectivity index (χ0n) is 16.0. The summed E-state index contributed by atoms with van der Waals surface area (Å²) in [5, 5.41) is 12.2. The first-order valence-corrected chi connectivity index (χ1v) is 9.36. The molecular weight excluding hydrogens is 338 g/mol. The first kappa shape index (κ1) is 20.5. The minimum absolute atomic E-state index is 0.0327. The lowest BCUT2D eigenvalue weighted by Gasteiger charge is -2.29. The largest absolute Gasteiger partial charge is 0.479 e. The molecule has 26 heavy (non-hydrogen) atoms. The maximum absolute atomic E-state index is 12.5.